The van der Waals surface area contributed by atoms with Crippen LogP contribution in [0.4, 0.5) is 0 Å². The van der Waals surface area contributed by atoms with Gasteiger partial charge in [-0.15, -0.1) is 0 Å². The predicted molar refractivity (Wildman–Crippen MR) is 111 cm³/mol. The van der Waals surface area contributed by atoms with Gasteiger partial charge in [0.25, 0.3) is 10.1 Å². The molecule has 0 aliphatic heterocycles. The van der Waals surface area contributed by atoms with Crippen LogP contribution in [0.5, 0.6) is 5.75 Å². The zero-order valence-electron chi connectivity index (χ0n) is 15.7. The normalized spacial score (nSPS) is 10.9. The molecule has 0 radical (unpaired) electrons. The largest absolute Gasteiger partial charge is 0.464 e. The van der Waals surface area contributed by atoms with Crippen LogP contribution in [-0.4, -0.2) is 49.8 Å². The first-order valence-electron chi connectivity index (χ1n) is 8.44. The lowest BCUT2D eigenvalue weighted by atomic mass is 10.2. The molecule has 29 heavy (non-hydrogen) atoms. The molecule has 0 atom stereocenters. The highest BCUT2D eigenvalue weighted by molar-refractivity contribution is 14.1. The van der Waals surface area contributed by atoms with Gasteiger partial charge in [-0.3, -0.25) is 9.35 Å². The summed E-state index contributed by atoms with van der Waals surface area (Å²) in [5.74, 6) is -2.28. The van der Waals surface area contributed by atoms with Crippen LogP contribution >= 0.6 is 22.6 Å². The molecule has 1 aromatic carbocycles. The van der Waals surface area contributed by atoms with Gasteiger partial charge in [0.15, 0.2) is 0 Å². The molecule has 160 valence electrons. The van der Waals surface area contributed by atoms with Crippen LogP contribution in [0.25, 0.3) is 0 Å². The highest BCUT2D eigenvalue weighted by atomic mass is 127. The molecule has 0 heterocycles. The minimum Gasteiger partial charge on any atom is -0.464 e. The Morgan fingerprint density at radius 3 is 2.45 bits per heavy atom. The van der Waals surface area contributed by atoms with Gasteiger partial charge in [-0.05, 0) is 60.6 Å². The standard InChI is InChI=1S/C18H21IO9S/c1-12(2)17(21)28-13-6-7-15(19)14(11-13)18(22)27-8-4-3-5-16(20)26-9-10-29(23,24)25/h6-7,11H,1,3-5,8-10H2,2H3,(H,23,24,25). The van der Waals surface area contributed by atoms with E-state index in [4.69, 9.17) is 14.0 Å². The summed E-state index contributed by atoms with van der Waals surface area (Å²) in [7, 11) is -4.17. The summed E-state index contributed by atoms with van der Waals surface area (Å²) < 4.78 is 45.1. The van der Waals surface area contributed by atoms with Crippen molar-refractivity contribution in [1.82, 2.24) is 0 Å². The van der Waals surface area contributed by atoms with Gasteiger partial charge in [0, 0.05) is 15.6 Å². The van der Waals surface area contributed by atoms with Gasteiger partial charge in [0.2, 0.25) is 0 Å². The first-order valence-corrected chi connectivity index (χ1v) is 11.1. The Morgan fingerprint density at radius 1 is 1.14 bits per heavy atom. The van der Waals surface area contributed by atoms with Crippen molar-refractivity contribution in [3.05, 3.63) is 39.5 Å². The minimum absolute atomic E-state index is 0.0207. The summed E-state index contributed by atoms with van der Waals surface area (Å²) in [4.78, 5) is 35.2. The number of hydrogen-bond donors (Lipinski definition) is 1. The molecule has 0 spiro atoms. The second kappa shape index (κ2) is 11.9. The third-order valence-electron chi connectivity index (χ3n) is 3.33. The summed E-state index contributed by atoms with van der Waals surface area (Å²) in [6, 6.07) is 4.56. The van der Waals surface area contributed by atoms with E-state index in [0.29, 0.717) is 16.4 Å². The maximum Gasteiger partial charge on any atom is 0.339 e. The van der Waals surface area contributed by atoms with Crippen LogP contribution in [0.3, 0.4) is 0 Å². The second-order valence-electron chi connectivity index (χ2n) is 5.91. The molecule has 0 aliphatic carbocycles. The average molecular weight is 540 g/mol. The molecule has 11 heteroatoms. The first-order chi connectivity index (χ1) is 13.5. The quantitative estimate of drug-likeness (QED) is 0.112. The maximum absolute atomic E-state index is 12.2. The Bertz CT molecular complexity index is 877. The molecular weight excluding hydrogens is 519 g/mol. The van der Waals surface area contributed by atoms with Gasteiger partial charge >= 0.3 is 17.9 Å². The smallest absolute Gasteiger partial charge is 0.339 e. The van der Waals surface area contributed by atoms with E-state index < -0.39 is 40.4 Å². The van der Waals surface area contributed by atoms with Crippen molar-refractivity contribution in [1.29, 1.82) is 0 Å². The lowest BCUT2D eigenvalue weighted by molar-refractivity contribution is -0.143. The molecule has 0 aliphatic rings. The van der Waals surface area contributed by atoms with Crippen LogP contribution in [0.2, 0.25) is 0 Å². The van der Waals surface area contributed by atoms with E-state index in [-0.39, 0.29) is 29.9 Å². The van der Waals surface area contributed by atoms with Gasteiger partial charge in [-0.1, -0.05) is 6.58 Å². The van der Waals surface area contributed by atoms with Crippen molar-refractivity contribution in [2.45, 2.75) is 26.2 Å². The number of carbonyl (C=O) groups is 3. The zero-order chi connectivity index (χ0) is 22.0. The third-order valence-corrected chi connectivity index (χ3v) is 4.95. The lowest BCUT2D eigenvalue weighted by Crippen LogP contribution is -2.14. The van der Waals surface area contributed by atoms with Crippen LogP contribution < -0.4 is 4.74 Å². The number of esters is 3. The summed E-state index contributed by atoms with van der Waals surface area (Å²) >= 11 is 1.95. The van der Waals surface area contributed by atoms with E-state index in [2.05, 4.69) is 11.3 Å². The van der Waals surface area contributed by atoms with Crippen LogP contribution in [0.1, 0.15) is 36.5 Å². The van der Waals surface area contributed by atoms with Gasteiger partial charge in [0.1, 0.15) is 18.1 Å². The zero-order valence-corrected chi connectivity index (χ0v) is 18.7. The summed E-state index contributed by atoms with van der Waals surface area (Å²) in [6.07, 6.45) is 0.776. The Hall–Kier alpha value is -1.99. The number of carbonyl (C=O) groups excluding carboxylic acids is 3. The maximum atomic E-state index is 12.2. The Labute approximate surface area is 182 Å². The molecule has 0 aromatic heterocycles. The van der Waals surface area contributed by atoms with Crippen molar-refractivity contribution < 1.29 is 41.6 Å². The van der Waals surface area contributed by atoms with Gasteiger partial charge in [-0.2, -0.15) is 8.42 Å². The molecule has 0 saturated carbocycles. The summed E-state index contributed by atoms with van der Waals surface area (Å²) in [6.45, 7) is 4.63. The Balaban J connectivity index is 2.40. The highest BCUT2D eigenvalue weighted by Gasteiger charge is 2.15. The molecule has 9 nitrogen and oxygen atoms in total. The molecule has 0 fully saturated rings. The van der Waals surface area contributed by atoms with Gasteiger partial charge in [-0.25, -0.2) is 9.59 Å². The van der Waals surface area contributed by atoms with Gasteiger partial charge < -0.3 is 14.2 Å². The Morgan fingerprint density at radius 2 is 1.83 bits per heavy atom. The van der Waals surface area contributed by atoms with Crippen LogP contribution in [0.15, 0.2) is 30.4 Å². The fraction of sp³-hybridized carbons (Fsp3) is 0.389. The highest BCUT2D eigenvalue weighted by Crippen LogP contribution is 2.21. The molecular formula is C18H21IO9S. The topological polar surface area (TPSA) is 133 Å². The molecule has 1 N–H and O–H groups in total. The fourth-order valence-corrected chi connectivity index (χ4v) is 2.72. The van der Waals surface area contributed by atoms with E-state index in [1.165, 1.54) is 13.0 Å². The van der Waals surface area contributed by atoms with Crippen LogP contribution in [-0.2, 0) is 29.2 Å². The fourth-order valence-electron chi connectivity index (χ4n) is 1.87. The number of unbranched alkanes of at least 4 members (excludes halogenated alkanes) is 1. The molecule has 0 bridgehead atoms. The molecule has 1 aromatic rings. The average Bonchev–Trinajstić information content (AvgIpc) is 2.61. The Kier molecular flexibility index (Phi) is 10.3. The van der Waals surface area contributed by atoms with Gasteiger partial charge in [0.05, 0.1) is 12.2 Å². The van der Waals surface area contributed by atoms with E-state index in [0.717, 1.165) is 0 Å². The van der Waals surface area contributed by atoms with E-state index >= 15 is 0 Å². The molecule has 0 unspecified atom stereocenters. The molecule has 0 amide bonds. The van der Waals surface area contributed by atoms with Crippen molar-refractivity contribution in [2.75, 3.05) is 19.0 Å². The number of ether oxygens (including phenoxy) is 3. The number of benzene rings is 1. The molecule has 0 saturated heterocycles. The SMILES string of the molecule is C=C(C)C(=O)Oc1ccc(I)c(C(=O)OCCCCC(=O)OCCS(=O)(=O)O)c1. The molecule has 1 rings (SSSR count). The van der Waals surface area contributed by atoms with E-state index in [1.54, 1.807) is 12.1 Å². The number of halogens is 1. The van der Waals surface area contributed by atoms with E-state index in [1.807, 2.05) is 22.6 Å². The first kappa shape index (κ1) is 25.0. The summed E-state index contributed by atoms with van der Waals surface area (Å²) in [5, 5.41) is 0. The van der Waals surface area contributed by atoms with Crippen molar-refractivity contribution in [3.63, 3.8) is 0 Å². The van der Waals surface area contributed by atoms with Crippen molar-refractivity contribution in [2.24, 2.45) is 0 Å². The third kappa shape index (κ3) is 10.4. The number of rotatable bonds is 11. The minimum atomic E-state index is -4.17. The summed E-state index contributed by atoms with van der Waals surface area (Å²) in [5.41, 5.74) is 0.464. The van der Waals surface area contributed by atoms with Crippen molar-refractivity contribution in [3.8, 4) is 5.75 Å². The lowest BCUT2D eigenvalue weighted by Gasteiger charge is -2.09. The number of hydrogen-bond acceptors (Lipinski definition) is 8. The van der Waals surface area contributed by atoms with Crippen molar-refractivity contribution >= 4 is 50.6 Å². The monoisotopic (exact) mass is 540 g/mol. The van der Waals surface area contributed by atoms with E-state index in [9.17, 15) is 22.8 Å². The predicted octanol–water partition coefficient (Wildman–Crippen LogP) is 2.53. The second-order valence-corrected chi connectivity index (χ2v) is 8.65. The van der Waals surface area contributed by atoms with Crippen LogP contribution in [0, 0.1) is 3.57 Å².